The minimum atomic E-state index is -0.327. The summed E-state index contributed by atoms with van der Waals surface area (Å²) in [5.41, 5.74) is 1.83. The Labute approximate surface area is 159 Å². The number of hydrogen-bond donors (Lipinski definition) is 1. The molecule has 1 aliphatic rings. The van der Waals surface area contributed by atoms with Crippen LogP contribution in [0.4, 0.5) is 4.39 Å². The minimum Gasteiger partial charge on any atom is -0.350 e. The van der Waals surface area contributed by atoms with Gasteiger partial charge in [0.25, 0.3) is 5.91 Å². The predicted octanol–water partition coefficient (Wildman–Crippen LogP) is 3.80. The van der Waals surface area contributed by atoms with E-state index < -0.39 is 0 Å². The van der Waals surface area contributed by atoms with Crippen molar-refractivity contribution in [2.75, 3.05) is 19.6 Å². The maximum atomic E-state index is 13.8. The first-order valence-corrected chi connectivity index (χ1v) is 10.2. The van der Waals surface area contributed by atoms with Gasteiger partial charge in [-0.1, -0.05) is 12.1 Å². The fourth-order valence-corrected chi connectivity index (χ4v) is 4.80. The first kappa shape index (κ1) is 17.3. The number of benzene rings is 1. The van der Waals surface area contributed by atoms with Crippen molar-refractivity contribution in [3.8, 4) is 10.6 Å². The summed E-state index contributed by atoms with van der Waals surface area (Å²) in [4.78, 5) is 20.9. The van der Waals surface area contributed by atoms with Gasteiger partial charge in [-0.05, 0) is 35.6 Å². The van der Waals surface area contributed by atoms with Crippen LogP contribution in [0.2, 0.25) is 0 Å². The van der Waals surface area contributed by atoms with Gasteiger partial charge in [-0.2, -0.15) is 0 Å². The highest BCUT2D eigenvalue weighted by molar-refractivity contribution is 7.16. The third kappa shape index (κ3) is 3.70. The van der Waals surface area contributed by atoms with Crippen molar-refractivity contribution in [2.24, 2.45) is 0 Å². The summed E-state index contributed by atoms with van der Waals surface area (Å²) in [5.74, 6) is -0.481. The molecule has 0 spiro atoms. The number of halogens is 1. The van der Waals surface area contributed by atoms with Gasteiger partial charge in [-0.25, -0.2) is 9.37 Å². The molecule has 26 heavy (non-hydrogen) atoms. The van der Waals surface area contributed by atoms with Crippen LogP contribution in [0.25, 0.3) is 10.6 Å². The molecule has 1 N–H and O–H groups in total. The molecule has 3 aromatic rings. The summed E-state index contributed by atoms with van der Waals surface area (Å²) in [6.45, 7) is 3.39. The van der Waals surface area contributed by atoms with E-state index in [9.17, 15) is 9.18 Å². The summed E-state index contributed by atoms with van der Waals surface area (Å²) in [6.07, 6.45) is 2.60. The Morgan fingerprint density at radius 2 is 2.19 bits per heavy atom. The van der Waals surface area contributed by atoms with E-state index in [0.717, 1.165) is 26.1 Å². The first-order valence-electron chi connectivity index (χ1n) is 8.47. The molecule has 1 amide bonds. The van der Waals surface area contributed by atoms with Gasteiger partial charge in [-0.3, -0.25) is 9.69 Å². The number of carbonyl (C=O) groups excluding carboxylic acids is 1. The van der Waals surface area contributed by atoms with E-state index in [1.54, 1.807) is 18.2 Å². The molecular weight excluding hydrogens is 369 g/mol. The predicted molar refractivity (Wildman–Crippen MR) is 103 cm³/mol. The molecule has 0 aliphatic carbocycles. The van der Waals surface area contributed by atoms with Crippen molar-refractivity contribution in [3.05, 3.63) is 63.0 Å². The highest BCUT2D eigenvalue weighted by Crippen LogP contribution is 2.27. The van der Waals surface area contributed by atoms with Crippen LogP contribution in [-0.2, 0) is 13.0 Å². The number of fused-ring (bicyclic) bond motifs is 1. The summed E-state index contributed by atoms with van der Waals surface area (Å²) in [7, 11) is 0. The molecule has 0 saturated heterocycles. The van der Waals surface area contributed by atoms with Gasteiger partial charge in [0, 0.05) is 36.6 Å². The fourth-order valence-electron chi connectivity index (χ4n) is 3.05. The van der Waals surface area contributed by atoms with Gasteiger partial charge >= 0.3 is 0 Å². The maximum Gasteiger partial charge on any atom is 0.263 e. The number of hydrogen-bond acceptors (Lipinski definition) is 5. The first-order chi connectivity index (χ1) is 12.7. The lowest BCUT2D eigenvalue weighted by Crippen LogP contribution is -2.37. The van der Waals surface area contributed by atoms with Crippen LogP contribution < -0.4 is 5.32 Å². The number of aromatic nitrogens is 1. The lowest BCUT2D eigenvalue weighted by atomic mass is 10.1. The van der Waals surface area contributed by atoms with Gasteiger partial charge in [0.05, 0.1) is 6.20 Å². The number of rotatable bonds is 5. The summed E-state index contributed by atoms with van der Waals surface area (Å²) >= 11 is 3.04. The summed E-state index contributed by atoms with van der Waals surface area (Å²) in [5, 5.41) is 5.61. The molecule has 0 atom stereocenters. The molecule has 7 heteroatoms. The number of nitrogens with zero attached hydrogens (tertiary/aromatic N) is 2. The third-order valence-electron chi connectivity index (χ3n) is 4.43. The van der Waals surface area contributed by atoms with Gasteiger partial charge < -0.3 is 5.32 Å². The highest BCUT2D eigenvalue weighted by atomic mass is 32.1. The molecule has 3 heterocycles. The molecule has 0 saturated carbocycles. The average molecular weight is 388 g/mol. The Hall–Kier alpha value is -2.09. The second-order valence-corrected chi connectivity index (χ2v) is 8.19. The molecule has 2 aromatic heterocycles. The zero-order chi connectivity index (χ0) is 17.9. The Balaban J connectivity index is 1.31. The number of nitrogens with one attached hydrogen (secondary N) is 1. The van der Waals surface area contributed by atoms with Crippen LogP contribution in [0.5, 0.6) is 0 Å². The second-order valence-electron chi connectivity index (χ2n) is 6.16. The molecule has 4 nitrogen and oxygen atoms in total. The third-order valence-corrected chi connectivity index (χ3v) is 6.49. The number of amides is 1. The molecule has 0 bridgehead atoms. The molecule has 4 rings (SSSR count). The fraction of sp³-hybridized carbons (Fsp3) is 0.263. The van der Waals surface area contributed by atoms with E-state index in [1.807, 2.05) is 11.3 Å². The van der Waals surface area contributed by atoms with Gasteiger partial charge in [0.1, 0.15) is 15.7 Å². The van der Waals surface area contributed by atoms with Gasteiger partial charge in [0.15, 0.2) is 0 Å². The zero-order valence-corrected chi connectivity index (χ0v) is 15.7. The van der Waals surface area contributed by atoms with Crippen molar-refractivity contribution in [1.29, 1.82) is 0 Å². The van der Waals surface area contributed by atoms with Crippen LogP contribution in [0.3, 0.4) is 0 Å². The monoisotopic (exact) mass is 387 g/mol. The number of thiophene rings is 1. The minimum absolute atomic E-state index is 0.154. The standard InChI is InChI=1S/C19H18FN3OS2/c20-15-4-2-1-3-14(15)19-22-11-17(26-19)18(24)21-7-9-23-8-5-16-13(12-23)6-10-25-16/h1-4,6,10-11H,5,7-9,12H2,(H,21,24). The zero-order valence-electron chi connectivity index (χ0n) is 14.1. The van der Waals surface area contributed by atoms with E-state index in [-0.39, 0.29) is 11.7 Å². The van der Waals surface area contributed by atoms with Crippen LogP contribution in [-0.4, -0.2) is 35.4 Å². The van der Waals surface area contributed by atoms with Crippen molar-refractivity contribution < 1.29 is 9.18 Å². The molecular formula is C19H18FN3OS2. The van der Waals surface area contributed by atoms with Crippen LogP contribution in [0.1, 0.15) is 20.1 Å². The molecule has 1 aliphatic heterocycles. The molecule has 0 radical (unpaired) electrons. The average Bonchev–Trinajstić information content (AvgIpc) is 3.31. The Bertz CT molecular complexity index is 921. The Morgan fingerprint density at radius 3 is 3.08 bits per heavy atom. The normalized spacial score (nSPS) is 14.2. The highest BCUT2D eigenvalue weighted by Gasteiger charge is 2.18. The Kier molecular flexibility index (Phi) is 5.10. The van der Waals surface area contributed by atoms with Gasteiger partial charge in [0.2, 0.25) is 0 Å². The summed E-state index contributed by atoms with van der Waals surface area (Å²) in [6, 6.07) is 8.65. The maximum absolute atomic E-state index is 13.8. The van der Waals surface area contributed by atoms with E-state index >= 15 is 0 Å². The van der Waals surface area contributed by atoms with E-state index in [0.29, 0.717) is 22.0 Å². The van der Waals surface area contributed by atoms with Crippen molar-refractivity contribution in [2.45, 2.75) is 13.0 Å². The van der Waals surface area contributed by atoms with E-state index in [2.05, 4.69) is 26.6 Å². The smallest absolute Gasteiger partial charge is 0.263 e. The van der Waals surface area contributed by atoms with Crippen molar-refractivity contribution in [3.63, 3.8) is 0 Å². The van der Waals surface area contributed by atoms with Crippen LogP contribution in [0, 0.1) is 5.82 Å². The second kappa shape index (κ2) is 7.65. The number of thiazole rings is 1. The molecule has 134 valence electrons. The van der Waals surface area contributed by atoms with E-state index in [1.165, 1.54) is 34.0 Å². The quantitative estimate of drug-likeness (QED) is 0.724. The van der Waals surface area contributed by atoms with Crippen LogP contribution >= 0.6 is 22.7 Å². The molecule has 0 fully saturated rings. The lowest BCUT2D eigenvalue weighted by molar-refractivity contribution is 0.0951. The molecule has 1 aromatic carbocycles. The molecule has 0 unspecified atom stereocenters. The SMILES string of the molecule is O=C(NCCN1CCc2sccc2C1)c1cnc(-c2ccccc2F)s1. The van der Waals surface area contributed by atoms with Gasteiger partial charge in [-0.15, -0.1) is 22.7 Å². The number of carbonyl (C=O) groups is 1. The largest absolute Gasteiger partial charge is 0.350 e. The summed E-state index contributed by atoms with van der Waals surface area (Å²) < 4.78 is 13.8. The topological polar surface area (TPSA) is 45.2 Å². The van der Waals surface area contributed by atoms with Crippen molar-refractivity contribution >= 4 is 28.6 Å². The lowest BCUT2D eigenvalue weighted by Gasteiger charge is -2.26. The van der Waals surface area contributed by atoms with Crippen molar-refractivity contribution in [1.82, 2.24) is 15.2 Å². The van der Waals surface area contributed by atoms with Crippen LogP contribution in [0.15, 0.2) is 41.9 Å². The Morgan fingerprint density at radius 1 is 1.31 bits per heavy atom. The van der Waals surface area contributed by atoms with E-state index in [4.69, 9.17) is 0 Å².